The SMILES string of the molecule is Cc1cccc(C)c1OCCN=C(N)Nc1ccc(OC(C)C)cc1. The van der Waals surface area contributed by atoms with Crippen LogP contribution in [0, 0.1) is 13.8 Å². The Morgan fingerprint density at radius 1 is 1.08 bits per heavy atom. The van der Waals surface area contributed by atoms with E-state index in [-0.39, 0.29) is 6.10 Å². The van der Waals surface area contributed by atoms with Crippen molar-refractivity contribution in [2.75, 3.05) is 18.5 Å². The molecule has 5 nitrogen and oxygen atoms in total. The lowest BCUT2D eigenvalue weighted by Crippen LogP contribution is -2.23. The third kappa shape index (κ3) is 6.03. The van der Waals surface area contributed by atoms with Crippen molar-refractivity contribution < 1.29 is 9.47 Å². The van der Waals surface area contributed by atoms with Gasteiger partial charge in [0.1, 0.15) is 18.1 Å². The van der Waals surface area contributed by atoms with Crippen LogP contribution < -0.4 is 20.5 Å². The molecule has 2 aromatic rings. The Balaban J connectivity index is 1.81. The van der Waals surface area contributed by atoms with E-state index < -0.39 is 0 Å². The molecule has 0 spiro atoms. The highest BCUT2D eigenvalue weighted by atomic mass is 16.5. The number of nitrogens with zero attached hydrogens (tertiary/aromatic N) is 1. The summed E-state index contributed by atoms with van der Waals surface area (Å²) < 4.78 is 11.4. The zero-order valence-electron chi connectivity index (χ0n) is 15.4. The molecule has 0 aromatic heterocycles. The number of nitrogens with one attached hydrogen (secondary N) is 1. The van der Waals surface area contributed by atoms with Crippen LogP contribution in [-0.4, -0.2) is 25.2 Å². The summed E-state index contributed by atoms with van der Waals surface area (Å²) in [5.41, 5.74) is 9.03. The maximum Gasteiger partial charge on any atom is 0.193 e. The summed E-state index contributed by atoms with van der Waals surface area (Å²) in [6, 6.07) is 13.7. The van der Waals surface area contributed by atoms with Gasteiger partial charge in [0.2, 0.25) is 0 Å². The molecular weight excluding hydrogens is 314 g/mol. The van der Waals surface area contributed by atoms with Crippen molar-refractivity contribution in [2.45, 2.75) is 33.8 Å². The van der Waals surface area contributed by atoms with Gasteiger partial charge in [0.05, 0.1) is 12.6 Å². The van der Waals surface area contributed by atoms with E-state index >= 15 is 0 Å². The summed E-state index contributed by atoms with van der Waals surface area (Å²) in [5, 5.41) is 3.06. The number of ether oxygens (including phenoxy) is 2. The van der Waals surface area contributed by atoms with E-state index in [4.69, 9.17) is 15.2 Å². The number of aliphatic imine (C=N–C) groups is 1. The smallest absolute Gasteiger partial charge is 0.193 e. The maximum absolute atomic E-state index is 5.92. The topological polar surface area (TPSA) is 68.9 Å². The summed E-state index contributed by atoms with van der Waals surface area (Å²) in [6.45, 7) is 9.04. The van der Waals surface area contributed by atoms with Gasteiger partial charge < -0.3 is 20.5 Å². The second-order valence-corrected chi connectivity index (χ2v) is 6.15. The molecule has 25 heavy (non-hydrogen) atoms. The van der Waals surface area contributed by atoms with Gasteiger partial charge in [-0.25, -0.2) is 4.99 Å². The van der Waals surface area contributed by atoms with Crippen molar-refractivity contribution in [3.05, 3.63) is 53.6 Å². The molecule has 0 aliphatic rings. The molecule has 0 aliphatic carbocycles. The lowest BCUT2D eigenvalue weighted by atomic mass is 10.1. The third-order valence-corrected chi connectivity index (χ3v) is 3.53. The number of benzene rings is 2. The lowest BCUT2D eigenvalue weighted by molar-refractivity contribution is 0.242. The van der Waals surface area contributed by atoms with E-state index in [1.54, 1.807) is 0 Å². The molecule has 2 rings (SSSR count). The Kier molecular flexibility index (Phi) is 6.69. The molecule has 0 saturated carbocycles. The Morgan fingerprint density at radius 2 is 1.72 bits per heavy atom. The first-order chi connectivity index (χ1) is 12.0. The zero-order chi connectivity index (χ0) is 18.2. The average Bonchev–Trinajstić information content (AvgIpc) is 2.55. The number of rotatable bonds is 7. The number of guanidine groups is 1. The van der Waals surface area contributed by atoms with Gasteiger partial charge in [-0.05, 0) is 63.1 Å². The van der Waals surface area contributed by atoms with Crippen LogP contribution in [0.1, 0.15) is 25.0 Å². The van der Waals surface area contributed by atoms with Crippen LogP contribution in [0.3, 0.4) is 0 Å². The van der Waals surface area contributed by atoms with Crippen LogP contribution in [-0.2, 0) is 0 Å². The van der Waals surface area contributed by atoms with Gasteiger partial charge in [0.25, 0.3) is 0 Å². The summed E-state index contributed by atoms with van der Waals surface area (Å²) in [5.74, 6) is 2.12. The fourth-order valence-corrected chi connectivity index (χ4v) is 2.42. The Morgan fingerprint density at radius 3 is 2.32 bits per heavy atom. The quantitative estimate of drug-likeness (QED) is 0.455. The fourth-order valence-electron chi connectivity index (χ4n) is 2.42. The van der Waals surface area contributed by atoms with E-state index in [1.165, 1.54) is 0 Å². The van der Waals surface area contributed by atoms with Crippen molar-refractivity contribution in [3.63, 3.8) is 0 Å². The van der Waals surface area contributed by atoms with Gasteiger partial charge in [-0.2, -0.15) is 0 Å². The standard InChI is InChI=1S/C20H27N3O2/c1-14(2)25-18-10-8-17(9-11-18)23-20(21)22-12-13-24-19-15(3)6-5-7-16(19)4/h5-11,14H,12-13H2,1-4H3,(H3,21,22,23). The third-order valence-electron chi connectivity index (χ3n) is 3.53. The highest BCUT2D eigenvalue weighted by Crippen LogP contribution is 2.22. The Labute approximate surface area is 149 Å². The first kappa shape index (κ1) is 18.6. The molecule has 0 saturated heterocycles. The molecule has 0 atom stereocenters. The predicted molar refractivity (Wildman–Crippen MR) is 104 cm³/mol. The van der Waals surface area contributed by atoms with Crippen molar-refractivity contribution >= 4 is 11.6 Å². The fraction of sp³-hybridized carbons (Fsp3) is 0.350. The predicted octanol–water partition coefficient (Wildman–Crippen LogP) is 3.90. The number of para-hydroxylation sites is 1. The van der Waals surface area contributed by atoms with Crippen LogP contribution in [0.25, 0.3) is 0 Å². The molecule has 2 aromatic carbocycles. The molecule has 3 N–H and O–H groups in total. The second-order valence-electron chi connectivity index (χ2n) is 6.15. The van der Waals surface area contributed by atoms with Crippen LogP contribution in [0.4, 0.5) is 5.69 Å². The highest BCUT2D eigenvalue weighted by molar-refractivity contribution is 5.92. The molecule has 134 valence electrons. The number of anilines is 1. The summed E-state index contributed by atoms with van der Waals surface area (Å²) in [7, 11) is 0. The monoisotopic (exact) mass is 341 g/mol. The molecule has 0 unspecified atom stereocenters. The minimum Gasteiger partial charge on any atom is -0.491 e. The molecule has 0 aliphatic heterocycles. The number of aryl methyl sites for hydroxylation is 2. The molecule has 0 radical (unpaired) electrons. The first-order valence-electron chi connectivity index (χ1n) is 8.48. The average molecular weight is 341 g/mol. The molecule has 0 bridgehead atoms. The van der Waals surface area contributed by atoms with Crippen molar-refractivity contribution in [1.29, 1.82) is 0 Å². The van der Waals surface area contributed by atoms with Crippen molar-refractivity contribution in [3.8, 4) is 11.5 Å². The highest BCUT2D eigenvalue weighted by Gasteiger charge is 2.03. The van der Waals surface area contributed by atoms with Gasteiger partial charge in [-0.1, -0.05) is 18.2 Å². The van der Waals surface area contributed by atoms with Gasteiger partial charge in [0, 0.05) is 5.69 Å². The first-order valence-corrected chi connectivity index (χ1v) is 8.48. The zero-order valence-corrected chi connectivity index (χ0v) is 15.4. The van der Waals surface area contributed by atoms with Gasteiger partial charge >= 0.3 is 0 Å². The van der Waals surface area contributed by atoms with Gasteiger partial charge in [-0.3, -0.25) is 0 Å². The largest absolute Gasteiger partial charge is 0.491 e. The second kappa shape index (κ2) is 8.97. The van der Waals surface area contributed by atoms with E-state index in [9.17, 15) is 0 Å². The van der Waals surface area contributed by atoms with E-state index in [0.29, 0.717) is 19.1 Å². The summed E-state index contributed by atoms with van der Waals surface area (Å²) in [4.78, 5) is 4.29. The van der Waals surface area contributed by atoms with Gasteiger partial charge in [-0.15, -0.1) is 0 Å². The van der Waals surface area contributed by atoms with E-state index in [0.717, 1.165) is 28.3 Å². The lowest BCUT2D eigenvalue weighted by Gasteiger charge is -2.12. The van der Waals surface area contributed by atoms with Crippen LogP contribution in [0.15, 0.2) is 47.5 Å². The van der Waals surface area contributed by atoms with E-state index in [2.05, 4.69) is 10.3 Å². The van der Waals surface area contributed by atoms with E-state index in [1.807, 2.05) is 70.2 Å². The molecule has 0 amide bonds. The summed E-state index contributed by atoms with van der Waals surface area (Å²) >= 11 is 0. The van der Waals surface area contributed by atoms with Crippen LogP contribution >= 0.6 is 0 Å². The number of hydrogen-bond acceptors (Lipinski definition) is 3. The van der Waals surface area contributed by atoms with Crippen LogP contribution in [0.2, 0.25) is 0 Å². The van der Waals surface area contributed by atoms with Crippen molar-refractivity contribution in [1.82, 2.24) is 0 Å². The normalized spacial score (nSPS) is 11.5. The minimum atomic E-state index is 0.155. The molecular formula is C20H27N3O2. The molecule has 5 heteroatoms. The van der Waals surface area contributed by atoms with Gasteiger partial charge in [0.15, 0.2) is 5.96 Å². The number of hydrogen-bond donors (Lipinski definition) is 2. The minimum absolute atomic E-state index is 0.155. The Bertz CT molecular complexity index is 689. The Hall–Kier alpha value is -2.69. The van der Waals surface area contributed by atoms with Crippen LogP contribution in [0.5, 0.6) is 11.5 Å². The molecule has 0 heterocycles. The number of nitrogens with two attached hydrogens (primary N) is 1. The molecule has 0 fully saturated rings. The summed E-state index contributed by atoms with van der Waals surface area (Å²) in [6.07, 6.45) is 0.155. The maximum atomic E-state index is 5.92. The van der Waals surface area contributed by atoms with Crippen molar-refractivity contribution in [2.24, 2.45) is 10.7 Å².